The number of anilines is 1. The van der Waals surface area contributed by atoms with Crippen molar-refractivity contribution in [1.82, 2.24) is 5.32 Å². The number of nitro groups is 1. The van der Waals surface area contributed by atoms with Crippen molar-refractivity contribution in [2.75, 3.05) is 31.6 Å². The molecule has 0 atom stereocenters. The summed E-state index contributed by atoms with van der Waals surface area (Å²) in [6.07, 6.45) is 2.32. The van der Waals surface area contributed by atoms with Crippen LogP contribution >= 0.6 is 0 Å². The van der Waals surface area contributed by atoms with E-state index in [9.17, 15) is 23.7 Å². The van der Waals surface area contributed by atoms with Crippen LogP contribution in [0, 0.1) is 16.0 Å². The van der Waals surface area contributed by atoms with Gasteiger partial charge in [0.15, 0.2) is 11.5 Å². The second kappa shape index (κ2) is 10.9. The molecular weight excluding hydrogens is 436 g/mol. The molecule has 0 bridgehead atoms. The number of carbonyl (C=O) groups is 1. The molecule has 0 aliphatic carbocycles. The third-order valence-electron chi connectivity index (χ3n) is 5.70. The molecule has 0 radical (unpaired) electrons. The van der Waals surface area contributed by atoms with Gasteiger partial charge in [-0.05, 0) is 48.9 Å². The summed E-state index contributed by atoms with van der Waals surface area (Å²) in [4.78, 5) is 25.7. The number of nitrogens with zero attached hydrogens (tertiary/aromatic N) is 2. The van der Waals surface area contributed by atoms with Crippen LogP contribution < -0.4 is 19.7 Å². The zero-order valence-electron chi connectivity index (χ0n) is 18.6. The van der Waals surface area contributed by atoms with Crippen molar-refractivity contribution in [3.05, 3.63) is 57.6 Å². The lowest BCUT2D eigenvalue weighted by molar-refractivity contribution is -0.384. The Kier molecular flexibility index (Phi) is 8.02. The van der Waals surface area contributed by atoms with Gasteiger partial charge in [-0.15, -0.1) is 0 Å². The van der Waals surface area contributed by atoms with E-state index in [4.69, 9.17) is 4.74 Å². The number of non-ortho nitro benzene ring substituents is 1. The van der Waals surface area contributed by atoms with E-state index >= 15 is 0 Å². The molecule has 3 rings (SSSR count). The lowest BCUT2D eigenvalue weighted by Gasteiger charge is -2.33. The number of alkyl halides is 2. The number of hydrogen-bond donors (Lipinski definition) is 1. The molecule has 1 aliphatic rings. The summed E-state index contributed by atoms with van der Waals surface area (Å²) in [5.74, 6) is 0.265. The summed E-state index contributed by atoms with van der Waals surface area (Å²) in [7, 11) is 1.35. The van der Waals surface area contributed by atoms with Crippen LogP contribution in [0.3, 0.4) is 0 Å². The Bertz CT molecular complexity index is 994. The molecule has 1 fully saturated rings. The summed E-state index contributed by atoms with van der Waals surface area (Å²) in [6.45, 7) is 0.950. The molecule has 2 aromatic carbocycles. The van der Waals surface area contributed by atoms with Crippen LogP contribution in [0.1, 0.15) is 35.7 Å². The Morgan fingerprint density at radius 1 is 1.21 bits per heavy atom. The Hall–Kier alpha value is -3.43. The van der Waals surface area contributed by atoms with Crippen LogP contribution in [-0.4, -0.2) is 44.2 Å². The number of nitro benzene ring substituents is 1. The molecule has 1 N–H and O–H groups in total. The minimum Gasteiger partial charge on any atom is -0.493 e. The van der Waals surface area contributed by atoms with E-state index in [1.807, 2.05) is 0 Å². The van der Waals surface area contributed by atoms with Gasteiger partial charge in [0.2, 0.25) is 0 Å². The number of hydrogen-bond acceptors (Lipinski definition) is 6. The number of nitrogens with one attached hydrogen (secondary N) is 1. The van der Waals surface area contributed by atoms with E-state index in [0.717, 1.165) is 25.9 Å². The van der Waals surface area contributed by atoms with Crippen molar-refractivity contribution in [1.29, 1.82) is 0 Å². The van der Waals surface area contributed by atoms with Crippen LogP contribution in [0.15, 0.2) is 36.4 Å². The number of amides is 1. The molecule has 1 saturated heterocycles. The normalized spacial score (nSPS) is 14.3. The average molecular weight is 463 g/mol. The van der Waals surface area contributed by atoms with Gasteiger partial charge >= 0.3 is 6.61 Å². The molecule has 0 spiro atoms. The zero-order chi connectivity index (χ0) is 24.0. The first-order valence-corrected chi connectivity index (χ1v) is 10.7. The van der Waals surface area contributed by atoms with Gasteiger partial charge in [0.1, 0.15) is 0 Å². The number of ether oxygens (including phenoxy) is 2. The molecule has 1 aliphatic heterocycles. The standard InChI is InChI=1S/C23H27F2N3O5/c1-15-8-11-27(12-9-15)19-5-4-17(28(30)31)14-18(19)22(29)26-10-7-16-3-6-20(32-2)21(13-16)33-23(24)25/h3-6,13-15,23H,7-12H2,1-2H3,(H,26,29). The average Bonchev–Trinajstić information content (AvgIpc) is 2.79. The monoisotopic (exact) mass is 463 g/mol. The van der Waals surface area contributed by atoms with E-state index in [0.29, 0.717) is 23.6 Å². The minimum atomic E-state index is -2.99. The Labute approximate surface area is 190 Å². The van der Waals surface area contributed by atoms with Crippen molar-refractivity contribution >= 4 is 17.3 Å². The van der Waals surface area contributed by atoms with E-state index < -0.39 is 17.4 Å². The van der Waals surface area contributed by atoms with Crippen molar-refractivity contribution in [2.24, 2.45) is 5.92 Å². The third kappa shape index (κ3) is 6.30. The molecule has 178 valence electrons. The van der Waals surface area contributed by atoms with Gasteiger partial charge in [0.05, 0.1) is 23.3 Å². The van der Waals surface area contributed by atoms with Gasteiger partial charge in [-0.3, -0.25) is 14.9 Å². The Balaban J connectivity index is 1.72. The number of piperidine rings is 1. The fraction of sp³-hybridized carbons (Fsp3) is 0.435. The predicted molar refractivity (Wildman–Crippen MR) is 119 cm³/mol. The lowest BCUT2D eigenvalue weighted by Crippen LogP contribution is -2.35. The molecule has 8 nitrogen and oxygen atoms in total. The van der Waals surface area contributed by atoms with Gasteiger partial charge in [-0.25, -0.2) is 0 Å². The van der Waals surface area contributed by atoms with Gasteiger partial charge < -0.3 is 19.7 Å². The highest BCUT2D eigenvalue weighted by atomic mass is 19.3. The summed E-state index contributed by atoms with van der Waals surface area (Å²) in [5.41, 5.74) is 1.42. The first-order valence-electron chi connectivity index (χ1n) is 10.7. The summed E-state index contributed by atoms with van der Waals surface area (Å²) in [5, 5.41) is 14.0. The van der Waals surface area contributed by atoms with Gasteiger partial charge in [0, 0.05) is 31.8 Å². The van der Waals surface area contributed by atoms with Crippen molar-refractivity contribution in [2.45, 2.75) is 32.8 Å². The van der Waals surface area contributed by atoms with Crippen LogP contribution in [0.5, 0.6) is 11.5 Å². The number of carbonyl (C=O) groups excluding carboxylic acids is 1. The number of benzene rings is 2. The smallest absolute Gasteiger partial charge is 0.387 e. The predicted octanol–water partition coefficient (Wildman–Crippen LogP) is 4.41. The highest BCUT2D eigenvalue weighted by Gasteiger charge is 2.23. The second-order valence-electron chi connectivity index (χ2n) is 8.00. The molecule has 10 heteroatoms. The minimum absolute atomic E-state index is 0.0865. The van der Waals surface area contributed by atoms with E-state index in [2.05, 4.69) is 21.9 Å². The molecule has 0 saturated carbocycles. The van der Waals surface area contributed by atoms with Crippen LogP contribution in [0.25, 0.3) is 0 Å². The van der Waals surface area contributed by atoms with Gasteiger partial charge in [-0.2, -0.15) is 8.78 Å². The number of methoxy groups -OCH3 is 1. The molecule has 1 heterocycles. The summed E-state index contributed by atoms with van der Waals surface area (Å²) >= 11 is 0. The maximum Gasteiger partial charge on any atom is 0.387 e. The summed E-state index contributed by atoms with van der Waals surface area (Å²) in [6, 6.07) is 8.98. The molecule has 33 heavy (non-hydrogen) atoms. The number of halogens is 2. The van der Waals surface area contributed by atoms with Crippen molar-refractivity contribution in [3.63, 3.8) is 0 Å². The molecular formula is C23H27F2N3O5. The zero-order valence-corrected chi connectivity index (χ0v) is 18.6. The Morgan fingerprint density at radius 3 is 2.58 bits per heavy atom. The van der Waals surface area contributed by atoms with Crippen LogP contribution in [0.4, 0.5) is 20.2 Å². The number of rotatable bonds is 9. The topological polar surface area (TPSA) is 93.9 Å². The first kappa shape index (κ1) is 24.2. The van der Waals surface area contributed by atoms with Crippen molar-refractivity contribution < 1.29 is 28.0 Å². The van der Waals surface area contributed by atoms with E-state index in [-0.39, 0.29) is 29.3 Å². The largest absolute Gasteiger partial charge is 0.493 e. The first-order chi connectivity index (χ1) is 15.8. The van der Waals surface area contributed by atoms with Gasteiger partial charge in [-0.1, -0.05) is 13.0 Å². The quantitative estimate of drug-likeness (QED) is 0.437. The molecule has 0 aromatic heterocycles. The maximum absolute atomic E-state index is 12.9. The SMILES string of the molecule is COc1ccc(CCNC(=O)c2cc([N+](=O)[O-])ccc2N2CCC(C)CC2)cc1OC(F)F. The fourth-order valence-electron chi connectivity index (χ4n) is 3.82. The van der Waals surface area contributed by atoms with E-state index in [1.165, 1.54) is 31.4 Å². The van der Waals surface area contributed by atoms with Crippen LogP contribution in [0.2, 0.25) is 0 Å². The highest BCUT2D eigenvalue weighted by molar-refractivity contribution is 6.00. The maximum atomic E-state index is 12.9. The second-order valence-corrected chi connectivity index (χ2v) is 8.00. The molecule has 2 aromatic rings. The molecule has 0 unspecified atom stereocenters. The highest BCUT2D eigenvalue weighted by Crippen LogP contribution is 2.31. The van der Waals surface area contributed by atoms with Gasteiger partial charge in [0.25, 0.3) is 11.6 Å². The lowest BCUT2D eigenvalue weighted by atomic mass is 9.98. The van der Waals surface area contributed by atoms with E-state index in [1.54, 1.807) is 12.1 Å². The third-order valence-corrected chi connectivity index (χ3v) is 5.70. The Morgan fingerprint density at radius 2 is 1.94 bits per heavy atom. The summed E-state index contributed by atoms with van der Waals surface area (Å²) < 4.78 is 34.8. The van der Waals surface area contributed by atoms with Crippen molar-refractivity contribution in [3.8, 4) is 11.5 Å². The fourth-order valence-corrected chi connectivity index (χ4v) is 3.82. The van der Waals surface area contributed by atoms with Crippen LogP contribution in [-0.2, 0) is 6.42 Å². The molecule has 1 amide bonds.